The van der Waals surface area contributed by atoms with Crippen LogP contribution in [0.15, 0.2) is 4.47 Å². The second kappa shape index (κ2) is 7.80. The molecule has 0 fully saturated rings. The largest absolute Gasteiger partial charge is 0.369 e. The van der Waals surface area contributed by atoms with Crippen LogP contribution in [0.4, 0.5) is 5.82 Å². The van der Waals surface area contributed by atoms with E-state index >= 15 is 0 Å². The molecule has 0 radical (unpaired) electrons. The van der Waals surface area contributed by atoms with Gasteiger partial charge in [-0.1, -0.05) is 20.8 Å². The Morgan fingerprint density at radius 1 is 1.26 bits per heavy atom. The molecule has 19 heavy (non-hydrogen) atoms. The van der Waals surface area contributed by atoms with E-state index in [-0.39, 0.29) is 0 Å². The highest BCUT2D eigenvalue weighted by Gasteiger charge is 2.13. The summed E-state index contributed by atoms with van der Waals surface area (Å²) in [7, 11) is 4.07. The van der Waals surface area contributed by atoms with E-state index in [0.717, 1.165) is 47.7 Å². The van der Waals surface area contributed by atoms with Gasteiger partial charge in [0.2, 0.25) is 0 Å². The van der Waals surface area contributed by atoms with Gasteiger partial charge in [0.05, 0.1) is 16.7 Å². The van der Waals surface area contributed by atoms with Crippen molar-refractivity contribution in [1.82, 2.24) is 14.9 Å². The van der Waals surface area contributed by atoms with Gasteiger partial charge >= 0.3 is 0 Å². The van der Waals surface area contributed by atoms with Crippen LogP contribution in [0.5, 0.6) is 0 Å². The Labute approximate surface area is 125 Å². The molecular formula is C14H25BrN4. The molecule has 1 rings (SSSR count). The molecule has 0 spiro atoms. The third kappa shape index (κ3) is 5.45. The van der Waals surface area contributed by atoms with Crippen molar-refractivity contribution in [2.45, 2.75) is 40.2 Å². The topological polar surface area (TPSA) is 41.1 Å². The molecular weight excluding hydrogens is 304 g/mol. The van der Waals surface area contributed by atoms with Crippen LogP contribution in [0.2, 0.25) is 0 Å². The Morgan fingerprint density at radius 2 is 1.95 bits per heavy atom. The summed E-state index contributed by atoms with van der Waals surface area (Å²) >= 11 is 3.64. The molecule has 0 saturated carbocycles. The summed E-state index contributed by atoms with van der Waals surface area (Å²) in [5.41, 5.74) is 1.10. The maximum Gasteiger partial charge on any atom is 0.145 e. The lowest BCUT2D eigenvalue weighted by molar-refractivity contribution is 0.389. The second-order valence-corrected chi connectivity index (χ2v) is 6.30. The minimum absolute atomic E-state index is 0.581. The predicted octanol–water partition coefficient (Wildman–Crippen LogP) is 3.32. The number of rotatable bonds is 7. The van der Waals surface area contributed by atoms with E-state index in [9.17, 15) is 0 Å². The SMILES string of the molecule is CCCNc1nc(CN(C)C)nc(CC(C)C)c1Br. The maximum atomic E-state index is 4.68. The van der Waals surface area contributed by atoms with Crippen LogP contribution in [-0.2, 0) is 13.0 Å². The molecule has 1 N–H and O–H groups in total. The summed E-state index contributed by atoms with van der Waals surface area (Å²) in [6, 6.07) is 0. The fourth-order valence-electron chi connectivity index (χ4n) is 1.78. The third-order valence-corrected chi connectivity index (χ3v) is 3.40. The summed E-state index contributed by atoms with van der Waals surface area (Å²) in [5, 5.41) is 3.37. The van der Waals surface area contributed by atoms with Gasteiger partial charge < -0.3 is 10.2 Å². The van der Waals surface area contributed by atoms with Crippen LogP contribution in [0.25, 0.3) is 0 Å². The average Bonchev–Trinajstić information content (AvgIpc) is 2.30. The zero-order valence-electron chi connectivity index (χ0n) is 12.6. The Bertz CT molecular complexity index is 405. The zero-order valence-corrected chi connectivity index (χ0v) is 14.2. The van der Waals surface area contributed by atoms with Gasteiger partial charge in [-0.05, 0) is 48.8 Å². The van der Waals surface area contributed by atoms with E-state index in [0.29, 0.717) is 5.92 Å². The van der Waals surface area contributed by atoms with Crippen LogP contribution in [0.3, 0.4) is 0 Å². The molecule has 0 aliphatic heterocycles. The van der Waals surface area contributed by atoms with E-state index in [1.54, 1.807) is 0 Å². The maximum absolute atomic E-state index is 4.68. The van der Waals surface area contributed by atoms with E-state index in [1.165, 1.54) is 0 Å². The zero-order chi connectivity index (χ0) is 14.4. The molecule has 0 amide bonds. The fraction of sp³-hybridized carbons (Fsp3) is 0.714. The first kappa shape index (κ1) is 16.4. The molecule has 4 nitrogen and oxygen atoms in total. The number of anilines is 1. The van der Waals surface area contributed by atoms with Crippen LogP contribution in [-0.4, -0.2) is 35.5 Å². The number of nitrogens with one attached hydrogen (secondary N) is 1. The van der Waals surface area contributed by atoms with Gasteiger partial charge in [0.1, 0.15) is 11.6 Å². The van der Waals surface area contributed by atoms with Gasteiger partial charge in [-0.3, -0.25) is 0 Å². The lowest BCUT2D eigenvalue weighted by Crippen LogP contribution is -2.16. The number of nitrogens with zero attached hydrogens (tertiary/aromatic N) is 3. The molecule has 1 heterocycles. The summed E-state index contributed by atoms with van der Waals surface area (Å²) in [5.74, 6) is 2.38. The molecule has 0 saturated heterocycles. The average molecular weight is 329 g/mol. The number of hydrogen-bond acceptors (Lipinski definition) is 4. The standard InChI is InChI=1S/C14H25BrN4/c1-6-7-16-14-13(15)11(8-10(2)3)17-12(18-14)9-19(4)5/h10H,6-9H2,1-5H3,(H,16,17,18). The third-order valence-electron chi connectivity index (χ3n) is 2.57. The molecule has 0 bridgehead atoms. The Kier molecular flexibility index (Phi) is 6.72. The summed E-state index contributed by atoms with van der Waals surface area (Å²) in [6.45, 7) is 8.26. The van der Waals surface area contributed by atoms with Crippen LogP contribution in [0.1, 0.15) is 38.7 Å². The van der Waals surface area contributed by atoms with Gasteiger partial charge in [-0.2, -0.15) is 0 Å². The summed E-state index contributed by atoms with van der Waals surface area (Å²) < 4.78 is 1.01. The van der Waals surface area contributed by atoms with Gasteiger partial charge in [0.15, 0.2) is 0 Å². The van der Waals surface area contributed by atoms with E-state index in [2.05, 4.69) is 56.9 Å². The first-order valence-corrected chi connectivity index (χ1v) is 7.67. The predicted molar refractivity (Wildman–Crippen MR) is 84.4 cm³/mol. The Morgan fingerprint density at radius 3 is 2.47 bits per heavy atom. The van der Waals surface area contributed by atoms with Crippen molar-refractivity contribution in [3.05, 3.63) is 16.0 Å². The van der Waals surface area contributed by atoms with Crippen molar-refractivity contribution < 1.29 is 0 Å². The molecule has 108 valence electrons. The molecule has 1 aromatic rings. The highest BCUT2D eigenvalue weighted by atomic mass is 79.9. The number of aromatic nitrogens is 2. The fourth-order valence-corrected chi connectivity index (χ4v) is 2.26. The minimum atomic E-state index is 0.581. The lowest BCUT2D eigenvalue weighted by Gasteiger charge is -2.15. The van der Waals surface area contributed by atoms with Gasteiger partial charge in [0, 0.05) is 6.54 Å². The van der Waals surface area contributed by atoms with E-state index < -0.39 is 0 Å². The first-order valence-electron chi connectivity index (χ1n) is 6.87. The molecule has 0 aromatic carbocycles. The van der Waals surface area contributed by atoms with E-state index in [1.807, 2.05) is 14.1 Å². The van der Waals surface area contributed by atoms with Gasteiger partial charge in [0.25, 0.3) is 0 Å². The molecule has 1 aromatic heterocycles. The van der Waals surface area contributed by atoms with Crippen LogP contribution >= 0.6 is 15.9 Å². The molecule has 0 aliphatic carbocycles. The van der Waals surface area contributed by atoms with Crippen molar-refractivity contribution in [3.63, 3.8) is 0 Å². The van der Waals surface area contributed by atoms with Gasteiger partial charge in [-0.25, -0.2) is 9.97 Å². The molecule has 5 heteroatoms. The van der Waals surface area contributed by atoms with Crippen molar-refractivity contribution >= 4 is 21.7 Å². The summed E-state index contributed by atoms with van der Waals surface area (Å²) in [6.07, 6.45) is 2.04. The second-order valence-electron chi connectivity index (χ2n) is 5.51. The smallest absolute Gasteiger partial charge is 0.145 e. The normalized spacial score (nSPS) is 11.4. The highest BCUT2D eigenvalue weighted by Crippen LogP contribution is 2.26. The van der Waals surface area contributed by atoms with Crippen LogP contribution < -0.4 is 5.32 Å². The minimum Gasteiger partial charge on any atom is -0.369 e. The van der Waals surface area contributed by atoms with Crippen molar-refractivity contribution in [2.24, 2.45) is 5.92 Å². The number of hydrogen-bond donors (Lipinski definition) is 1. The van der Waals surface area contributed by atoms with Crippen LogP contribution in [0, 0.1) is 5.92 Å². The molecule has 0 aliphatic rings. The molecule has 0 atom stereocenters. The lowest BCUT2D eigenvalue weighted by atomic mass is 10.1. The molecule has 0 unspecified atom stereocenters. The van der Waals surface area contributed by atoms with E-state index in [4.69, 9.17) is 0 Å². The monoisotopic (exact) mass is 328 g/mol. The van der Waals surface area contributed by atoms with Gasteiger partial charge in [-0.15, -0.1) is 0 Å². The highest BCUT2D eigenvalue weighted by molar-refractivity contribution is 9.10. The van der Waals surface area contributed by atoms with Crippen molar-refractivity contribution in [3.8, 4) is 0 Å². The first-order chi connectivity index (χ1) is 8.93. The van der Waals surface area contributed by atoms with Crippen molar-refractivity contribution in [2.75, 3.05) is 26.0 Å². The number of halogens is 1. The van der Waals surface area contributed by atoms with Crippen molar-refractivity contribution in [1.29, 1.82) is 0 Å². The Balaban J connectivity index is 3.06. The quantitative estimate of drug-likeness (QED) is 0.833. The Hall–Kier alpha value is -0.680. The summed E-state index contributed by atoms with van der Waals surface area (Å²) in [4.78, 5) is 11.4.